The number of anilines is 1. The summed E-state index contributed by atoms with van der Waals surface area (Å²) in [5.41, 5.74) is 6.42. The molecular weight excluding hydrogens is 282 g/mol. The second-order valence-corrected chi connectivity index (χ2v) is 4.99. The molecule has 0 fully saturated rings. The Morgan fingerprint density at radius 3 is 2.65 bits per heavy atom. The molecular formula is C12H14BrN3O. The minimum atomic E-state index is -0.489. The molecule has 1 aromatic rings. The molecule has 1 aromatic carbocycles. The number of nitrogens with zero attached hydrogens (tertiary/aromatic N) is 1. The van der Waals surface area contributed by atoms with Gasteiger partial charge in [-0.15, -0.1) is 0 Å². The number of hydrogen-bond donors (Lipinski definition) is 2. The van der Waals surface area contributed by atoms with Crippen LogP contribution in [0, 0.1) is 17.2 Å². The molecule has 5 heteroatoms. The van der Waals surface area contributed by atoms with Crippen molar-refractivity contribution in [1.29, 1.82) is 5.26 Å². The number of carbonyl (C=O) groups is 1. The highest BCUT2D eigenvalue weighted by Crippen LogP contribution is 2.22. The predicted molar refractivity (Wildman–Crippen MR) is 70.3 cm³/mol. The minimum Gasteiger partial charge on any atom is -0.372 e. The topological polar surface area (TPSA) is 78.9 Å². The summed E-state index contributed by atoms with van der Waals surface area (Å²) in [6, 6.07) is 6.80. The first-order valence-electron chi connectivity index (χ1n) is 5.21. The second kappa shape index (κ2) is 5.69. The summed E-state index contributed by atoms with van der Waals surface area (Å²) in [5, 5.41) is 12.0. The maximum absolute atomic E-state index is 11.3. The first-order valence-corrected chi connectivity index (χ1v) is 6.00. The van der Waals surface area contributed by atoms with Crippen LogP contribution in [0.4, 0.5) is 5.69 Å². The van der Waals surface area contributed by atoms with Crippen molar-refractivity contribution in [2.45, 2.75) is 19.9 Å². The molecule has 0 spiro atoms. The molecule has 1 atom stereocenters. The van der Waals surface area contributed by atoms with E-state index >= 15 is 0 Å². The van der Waals surface area contributed by atoms with Gasteiger partial charge in [0.15, 0.2) is 0 Å². The van der Waals surface area contributed by atoms with Gasteiger partial charge >= 0.3 is 0 Å². The largest absolute Gasteiger partial charge is 0.372 e. The van der Waals surface area contributed by atoms with Crippen molar-refractivity contribution >= 4 is 27.5 Å². The fourth-order valence-corrected chi connectivity index (χ4v) is 1.83. The van der Waals surface area contributed by atoms with E-state index in [0.29, 0.717) is 11.3 Å². The zero-order valence-electron chi connectivity index (χ0n) is 9.70. The molecule has 0 aliphatic heterocycles. The van der Waals surface area contributed by atoms with Gasteiger partial charge in [-0.2, -0.15) is 5.26 Å². The zero-order valence-corrected chi connectivity index (χ0v) is 11.3. The summed E-state index contributed by atoms with van der Waals surface area (Å²) in [6.45, 7) is 3.79. The molecule has 3 N–H and O–H groups in total. The van der Waals surface area contributed by atoms with Gasteiger partial charge < -0.3 is 11.1 Å². The fraction of sp³-hybridized carbons (Fsp3) is 0.333. The molecule has 0 heterocycles. The number of rotatable bonds is 4. The Balaban J connectivity index is 3.05. The minimum absolute atomic E-state index is 0.0537. The summed E-state index contributed by atoms with van der Waals surface area (Å²) >= 11 is 3.32. The fourth-order valence-electron chi connectivity index (χ4n) is 1.47. The van der Waals surface area contributed by atoms with Crippen LogP contribution in [0.5, 0.6) is 0 Å². The van der Waals surface area contributed by atoms with Crippen LogP contribution < -0.4 is 11.1 Å². The maximum Gasteiger partial charge on any atom is 0.240 e. The first kappa shape index (κ1) is 13.5. The van der Waals surface area contributed by atoms with E-state index in [1.165, 1.54) is 0 Å². The van der Waals surface area contributed by atoms with E-state index in [4.69, 9.17) is 11.0 Å². The van der Waals surface area contributed by atoms with Crippen LogP contribution >= 0.6 is 15.9 Å². The van der Waals surface area contributed by atoms with Crippen LogP contribution in [0.3, 0.4) is 0 Å². The van der Waals surface area contributed by atoms with Crippen molar-refractivity contribution in [1.82, 2.24) is 0 Å². The molecule has 17 heavy (non-hydrogen) atoms. The average Bonchev–Trinajstić information content (AvgIpc) is 2.25. The standard InChI is InChI=1S/C12H14BrN3O/c1-7(2)11(12(15)17)16-10-5-9(13)4-3-8(10)6-14/h3-5,7,11,16H,1-2H3,(H2,15,17). The van der Waals surface area contributed by atoms with Gasteiger partial charge in [-0.05, 0) is 24.1 Å². The van der Waals surface area contributed by atoms with Gasteiger partial charge in [-0.3, -0.25) is 4.79 Å². The number of benzene rings is 1. The van der Waals surface area contributed by atoms with E-state index in [2.05, 4.69) is 27.3 Å². The second-order valence-electron chi connectivity index (χ2n) is 4.07. The lowest BCUT2D eigenvalue weighted by Gasteiger charge is -2.20. The van der Waals surface area contributed by atoms with E-state index in [9.17, 15) is 4.79 Å². The van der Waals surface area contributed by atoms with Crippen LogP contribution in [-0.4, -0.2) is 11.9 Å². The number of nitriles is 1. The average molecular weight is 296 g/mol. The number of hydrogen-bond acceptors (Lipinski definition) is 3. The molecule has 1 unspecified atom stereocenters. The first-order chi connectivity index (χ1) is 7.95. The van der Waals surface area contributed by atoms with Crippen molar-refractivity contribution in [3.63, 3.8) is 0 Å². The van der Waals surface area contributed by atoms with Crippen molar-refractivity contribution in [2.75, 3.05) is 5.32 Å². The molecule has 0 saturated carbocycles. The molecule has 1 amide bonds. The molecule has 0 aliphatic rings. The van der Waals surface area contributed by atoms with E-state index in [1.807, 2.05) is 13.8 Å². The summed E-state index contributed by atoms with van der Waals surface area (Å²) in [7, 11) is 0. The Bertz CT molecular complexity index is 465. The van der Waals surface area contributed by atoms with Gasteiger partial charge in [0, 0.05) is 4.47 Å². The molecule has 4 nitrogen and oxygen atoms in total. The molecule has 0 bridgehead atoms. The molecule has 0 radical (unpaired) electrons. The van der Waals surface area contributed by atoms with Crippen molar-refractivity contribution < 1.29 is 4.79 Å². The quantitative estimate of drug-likeness (QED) is 0.894. The number of primary amides is 1. The molecule has 0 saturated heterocycles. The number of halogens is 1. The van der Waals surface area contributed by atoms with E-state index in [1.54, 1.807) is 18.2 Å². The Morgan fingerprint density at radius 2 is 2.18 bits per heavy atom. The van der Waals surface area contributed by atoms with E-state index in [0.717, 1.165) is 4.47 Å². The smallest absolute Gasteiger partial charge is 0.240 e. The van der Waals surface area contributed by atoms with Gasteiger partial charge in [-0.1, -0.05) is 29.8 Å². The highest BCUT2D eigenvalue weighted by atomic mass is 79.9. The lowest BCUT2D eigenvalue weighted by Crippen LogP contribution is -2.39. The summed E-state index contributed by atoms with van der Waals surface area (Å²) in [4.78, 5) is 11.3. The highest BCUT2D eigenvalue weighted by Gasteiger charge is 2.20. The van der Waals surface area contributed by atoms with Gasteiger partial charge in [-0.25, -0.2) is 0 Å². The van der Waals surface area contributed by atoms with E-state index < -0.39 is 11.9 Å². The summed E-state index contributed by atoms with van der Waals surface area (Å²) < 4.78 is 0.839. The Labute approximate surface area is 109 Å². The van der Waals surface area contributed by atoms with Crippen LogP contribution in [0.2, 0.25) is 0 Å². The lowest BCUT2D eigenvalue weighted by molar-refractivity contribution is -0.119. The lowest BCUT2D eigenvalue weighted by atomic mass is 10.0. The third-order valence-corrected chi connectivity index (χ3v) is 2.88. The van der Waals surface area contributed by atoms with Gasteiger partial charge in [0.25, 0.3) is 0 Å². The van der Waals surface area contributed by atoms with Crippen molar-refractivity contribution in [3.8, 4) is 6.07 Å². The van der Waals surface area contributed by atoms with Crippen LogP contribution in [0.25, 0.3) is 0 Å². The SMILES string of the molecule is CC(C)C(Nc1cc(Br)ccc1C#N)C(N)=O. The zero-order chi connectivity index (χ0) is 13.0. The Morgan fingerprint density at radius 1 is 1.53 bits per heavy atom. The number of nitrogens with one attached hydrogen (secondary N) is 1. The highest BCUT2D eigenvalue weighted by molar-refractivity contribution is 9.10. The Kier molecular flexibility index (Phi) is 4.53. The van der Waals surface area contributed by atoms with Gasteiger partial charge in [0.05, 0.1) is 11.3 Å². The third kappa shape index (κ3) is 3.46. The van der Waals surface area contributed by atoms with Crippen LogP contribution in [0.15, 0.2) is 22.7 Å². The number of nitrogens with two attached hydrogens (primary N) is 1. The molecule has 0 aliphatic carbocycles. The van der Waals surface area contributed by atoms with Crippen LogP contribution in [0.1, 0.15) is 19.4 Å². The number of carbonyl (C=O) groups excluding carboxylic acids is 1. The maximum atomic E-state index is 11.3. The number of amides is 1. The normalized spacial score (nSPS) is 11.9. The summed E-state index contributed by atoms with van der Waals surface area (Å²) in [6.07, 6.45) is 0. The van der Waals surface area contributed by atoms with E-state index in [-0.39, 0.29) is 5.92 Å². The Hall–Kier alpha value is -1.54. The predicted octanol–water partition coefficient (Wildman–Crippen LogP) is 2.24. The molecule has 90 valence electrons. The van der Waals surface area contributed by atoms with Crippen LogP contribution in [-0.2, 0) is 4.79 Å². The summed E-state index contributed by atoms with van der Waals surface area (Å²) in [5.74, 6) is -0.373. The monoisotopic (exact) mass is 295 g/mol. The molecule has 0 aromatic heterocycles. The molecule has 1 rings (SSSR count). The van der Waals surface area contributed by atoms with Gasteiger partial charge in [0.2, 0.25) is 5.91 Å². The van der Waals surface area contributed by atoms with Crippen molar-refractivity contribution in [3.05, 3.63) is 28.2 Å². The third-order valence-electron chi connectivity index (χ3n) is 2.39. The van der Waals surface area contributed by atoms with Crippen molar-refractivity contribution in [2.24, 2.45) is 11.7 Å². The van der Waals surface area contributed by atoms with Gasteiger partial charge in [0.1, 0.15) is 12.1 Å².